The van der Waals surface area contributed by atoms with Gasteiger partial charge in [0.2, 0.25) is 0 Å². The minimum Gasteiger partial charge on any atom is -0.317 e. The molecule has 0 aromatic carbocycles. The molecule has 0 aliphatic rings. The van der Waals surface area contributed by atoms with Crippen molar-refractivity contribution in [2.24, 2.45) is 13.0 Å². The van der Waals surface area contributed by atoms with Crippen LogP contribution in [0.15, 0.2) is 4.47 Å². The van der Waals surface area contributed by atoms with Crippen molar-refractivity contribution < 1.29 is 0 Å². The summed E-state index contributed by atoms with van der Waals surface area (Å²) in [6.45, 7) is 8.63. The van der Waals surface area contributed by atoms with E-state index in [0.29, 0.717) is 5.92 Å². The molecule has 0 radical (unpaired) electrons. The van der Waals surface area contributed by atoms with Gasteiger partial charge in [0.25, 0.3) is 0 Å². The molecule has 1 unspecified atom stereocenters. The Morgan fingerprint density at radius 1 is 1.50 bits per heavy atom. The van der Waals surface area contributed by atoms with Crippen LogP contribution in [0.25, 0.3) is 0 Å². The molecule has 16 heavy (non-hydrogen) atoms. The Labute approximate surface area is 107 Å². The third-order valence-electron chi connectivity index (χ3n) is 2.88. The molecule has 0 spiro atoms. The van der Waals surface area contributed by atoms with E-state index >= 15 is 0 Å². The maximum atomic E-state index is 4.40. The summed E-state index contributed by atoms with van der Waals surface area (Å²) in [5, 5.41) is 7.79. The zero-order valence-electron chi connectivity index (χ0n) is 10.7. The summed E-state index contributed by atoms with van der Waals surface area (Å²) < 4.78 is 3.16. The molecule has 1 heterocycles. The van der Waals surface area contributed by atoms with Gasteiger partial charge in [-0.05, 0) is 54.7 Å². The van der Waals surface area contributed by atoms with Crippen molar-refractivity contribution in [1.82, 2.24) is 15.1 Å². The standard InChI is InChI=1S/C12H22BrN3/c1-5-14-8-9(2)6-7-11-12(13)10(3)15-16(11)4/h9,14H,5-8H2,1-4H3. The van der Waals surface area contributed by atoms with Crippen LogP contribution in [-0.2, 0) is 13.5 Å². The quantitative estimate of drug-likeness (QED) is 0.872. The van der Waals surface area contributed by atoms with Gasteiger partial charge >= 0.3 is 0 Å². The summed E-state index contributed by atoms with van der Waals surface area (Å²) >= 11 is 3.60. The van der Waals surface area contributed by atoms with Crippen LogP contribution >= 0.6 is 15.9 Å². The lowest BCUT2D eigenvalue weighted by atomic mass is 10.0. The maximum absolute atomic E-state index is 4.40. The zero-order chi connectivity index (χ0) is 12.1. The fourth-order valence-electron chi connectivity index (χ4n) is 1.83. The van der Waals surface area contributed by atoms with Gasteiger partial charge < -0.3 is 5.32 Å². The summed E-state index contributed by atoms with van der Waals surface area (Å²) in [7, 11) is 2.02. The smallest absolute Gasteiger partial charge is 0.0738 e. The molecular weight excluding hydrogens is 266 g/mol. The fraction of sp³-hybridized carbons (Fsp3) is 0.750. The van der Waals surface area contributed by atoms with E-state index in [9.17, 15) is 0 Å². The van der Waals surface area contributed by atoms with E-state index in [1.54, 1.807) is 0 Å². The first-order valence-corrected chi connectivity index (χ1v) is 6.74. The average Bonchev–Trinajstić information content (AvgIpc) is 2.48. The topological polar surface area (TPSA) is 29.9 Å². The Kier molecular flexibility index (Phi) is 5.49. The van der Waals surface area contributed by atoms with E-state index in [1.807, 2.05) is 18.7 Å². The Hall–Kier alpha value is -0.350. The highest BCUT2D eigenvalue weighted by atomic mass is 79.9. The van der Waals surface area contributed by atoms with Gasteiger partial charge in [0.15, 0.2) is 0 Å². The monoisotopic (exact) mass is 287 g/mol. The lowest BCUT2D eigenvalue weighted by Crippen LogP contribution is -2.21. The van der Waals surface area contributed by atoms with Crippen molar-refractivity contribution in [2.75, 3.05) is 13.1 Å². The number of nitrogens with one attached hydrogen (secondary N) is 1. The molecule has 1 rings (SSSR count). The second-order valence-corrected chi connectivity index (χ2v) is 5.21. The van der Waals surface area contributed by atoms with Gasteiger partial charge in [0.05, 0.1) is 15.9 Å². The average molecular weight is 288 g/mol. The van der Waals surface area contributed by atoms with Crippen molar-refractivity contribution >= 4 is 15.9 Å². The molecule has 1 aromatic rings. The predicted octanol–water partition coefficient (Wildman–Crippen LogP) is 2.67. The van der Waals surface area contributed by atoms with Crippen molar-refractivity contribution in [3.8, 4) is 0 Å². The third-order valence-corrected chi connectivity index (χ3v) is 3.91. The van der Waals surface area contributed by atoms with Crippen LogP contribution in [0, 0.1) is 12.8 Å². The van der Waals surface area contributed by atoms with Crippen LogP contribution < -0.4 is 5.32 Å². The van der Waals surface area contributed by atoms with Crippen molar-refractivity contribution in [1.29, 1.82) is 0 Å². The highest BCUT2D eigenvalue weighted by molar-refractivity contribution is 9.10. The molecule has 1 atom stereocenters. The van der Waals surface area contributed by atoms with Crippen molar-refractivity contribution in [3.63, 3.8) is 0 Å². The van der Waals surface area contributed by atoms with Gasteiger partial charge in [0, 0.05) is 7.05 Å². The minimum absolute atomic E-state index is 0.710. The van der Waals surface area contributed by atoms with Crippen molar-refractivity contribution in [3.05, 3.63) is 15.9 Å². The number of rotatable bonds is 6. The molecule has 1 N–H and O–H groups in total. The fourth-order valence-corrected chi connectivity index (χ4v) is 2.36. The normalized spacial score (nSPS) is 13.1. The summed E-state index contributed by atoms with van der Waals surface area (Å²) in [6, 6.07) is 0. The first-order chi connectivity index (χ1) is 7.56. The predicted molar refractivity (Wildman–Crippen MR) is 71.7 cm³/mol. The minimum atomic E-state index is 0.710. The summed E-state index contributed by atoms with van der Waals surface area (Å²) in [6.07, 6.45) is 2.29. The number of aromatic nitrogens is 2. The SMILES string of the molecule is CCNCC(C)CCc1c(Br)c(C)nn1C. The Balaban J connectivity index is 2.48. The molecule has 1 aromatic heterocycles. The van der Waals surface area contributed by atoms with Gasteiger partial charge in [-0.3, -0.25) is 4.68 Å². The summed E-state index contributed by atoms with van der Waals surface area (Å²) in [4.78, 5) is 0. The van der Waals surface area contributed by atoms with Crippen molar-refractivity contribution in [2.45, 2.75) is 33.6 Å². The lowest BCUT2D eigenvalue weighted by Gasteiger charge is -2.11. The van der Waals surface area contributed by atoms with E-state index in [0.717, 1.165) is 25.2 Å². The zero-order valence-corrected chi connectivity index (χ0v) is 12.3. The highest BCUT2D eigenvalue weighted by Gasteiger charge is 2.11. The summed E-state index contributed by atoms with van der Waals surface area (Å²) in [5.41, 5.74) is 2.39. The highest BCUT2D eigenvalue weighted by Crippen LogP contribution is 2.22. The first-order valence-electron chi connectivity index (χ1n) is 5.95. The first kappa shape index (κ1) is 13.7. The number of hydrogen-bond donors (Lipinski definition) is 1. The van der Waals surface area contributed by atoms with E-state index in [1.165, 1.54) is 16.6 Å². The second kappa shape index (κ2) is 6.40. The Morgan fingerprint density at radius 3 is 2.69 bits per heavy atom. The molecular formula is C12H22BrN3. The number of halogens is 1. The van der Waals surface area contributed by atoms with E-state index in [2.05, 4.69) is 40.2 Å². The van der Waals surface area contributed by atoms with Gasteiger partial charge in [-0.1, -0.05) is 13.8 Å². The lowest BCUT2D eigenvalue weighted by molar-refractivity contribution is 0.481. The molecule has 4 heteroatoms. The van der Waals surface area contributed by atoms with Gasteiger partial charge in [-0.15, -0.1) is 0 Å². The van der Waals surface area contributed by atoms with Crippen LogP contribution in [0.5, 0.6) is 0 Å². The molecule has 0 aliphatic heterocycles. The molecule has 92 valence electrons. The maximum Gasteiger partial charge on any atom is 0.0738 e. The molecule has 0 aliphatic carbocycles. The number of hydrogen-bond acceptors (Lipinski definition) is 2. The Morgan fingerprint density at radius 2 is 2.19 bits per heavy atom. The second-order valence-electron chi connectivity index (χ2n) is 4.42. The van der Waals surface area contributed by atoms with E-state index in [-0.39, 0.29) is 0 Å². The summed E-state index contributed by atoms with van der Waals surface area (Å²) in [5.74, 6) is 0.710. The molecule has 0 saturated carbocycles. The van der Waals surface area contributed by atoms with Crippen LogP contribution in [0.3, 0.4) is 0 Å². The molecule has 0 bridgehead atoms. The van der Waals surface area contributed by atoms with Crippen LogP contribution in [-0.4, -0.2) is 22.9 Å². The molecule has 0 fully saturated rings. The van der Waals surface area contributed by atoms with Crippen LogP contribution in [0.1, 0.15) is 31.7 Å². The third kappa shape index (κ3) is 3.59. The van der Waals surface area contributed by atoms with Gasteiger partial charge in [-0.25, -0.2) is 0 Å². The van der Waals surface area contributed by atoms with E-state index in [4.69, 9.17) is 0 Å². The molecule has 0 amide bonds. The van der Waals surface area contributed by atoms with Gasteiger partial charge in [-0.2, -0.15) is 5.10 Å². The Bertz CT molecular complexity index is 333. The largest absolute Gasteiger partial charge is 0.317 e. The number of nitrogens with zero attached hydrogens (tertiary/aromatic N) is 2. The van der Waals surface area contributed by atoms with Crippen LogP contribution in [0.4, 0.5) is 0 Å². The van der Waals surface area contributed by atoms with Gasteiger partial charge in [0.1, 0.15) is 0 Å². The van der Waals surface area contributed by atoms with E-state index < -0.39 is 0 Å². The molecule has 0 saturated heterocycles. The molecule has 3 nitrogen and oxygen atoms in total. The number of aryl methyl sites for hydroxylation is 2. The van der Waals surface area contributed by atoms with Crippen LogP contribution in [0.2, 0.25) is 0 Å².